The number of rotatable bonds is 7. The number of anilines is 1. The van der Waals surface area contributed by atoms with E-state index in [-0.39, 0.29) is 48.7 Å². The summed E-state index contributed by atoms with van der Waals surface area (Å²) in [5, 5.41) is -1.17. The van der Waals surface area contributed by atoms with Crippen molar-refractivity contribution in [3.63, 3.8) is 0 Å². The Hall–Kier alpha value is -2.72. The smallest absolute Gasteiger partial charge is 0.331 e. The minimum absolute atomic E-state index is 0.134. The zero-order chi connectivity index (χ0) is 23.3. The second-order valence-electron chi connectivity index (χ2n) is 8.15. The number of esters is 2. The molecular formula is C23H22N2O6S2. The summed E-state index contributed by atoms with van der Waals surface area (Å²) < 4.78 is 11.3. The Labute approximate surface area is 198 Å². The molecule has 2 heterocycles. The number of ether oxygens (including phenoxy) is 2. The molecule has 172 valence electrons. The van der Waals surface area contributed by atoms with Gasteiger partial charge in [0.25, 0.3) is 0 Å². The summed E-state index contributed by atoms with van der Waals surface area (Å²) in [7, 11) is 0. The van der Waals surface area contributed by atoms with Gasteiger partial charge in [0.05, 0.1) is 41.0 Å². The van der Waals surface area contributed by atoms with Crippen molar-refractivity contribution in [1.82, 2.24) is 4.98 Å². The van der Waals surface area contributed by atoms with E-state index in [1.165, 1.54) is 16.2 Å². The number of benzene rings is 1. The minimum atomic E-state index is -1.17. The molecule has 4 atom stereocenters. The Morgan fingerprint density at radius 3 is 2.27 bits per heavy atom. The minimum Gasteiger partial charge on any atom is -0.465 e. The third-order valence-electron chi connectivity index (χ3n) is 6.30. The van der Waals surface area contributed by atoms with Crippen LogP contribution < -0.4 is 4.90 Å². The van der Waals surface area contributed by atoms with E-state index in [1.54, 1.807) is 32.0 Å². The predicted molar refractivity (Wildman–Crippen MR) is 123 cm³/mol. The van der Waals surface area contributed by atoms with Crippen molar-refractivity contribution in [3.8, 4) is 0 Å². The summed E-state index contributed by atoms with van der Waals surface area (Å²) >= 11 is 2.26. The zero-order valence-corrected chi connectivity index (χ0v) is 19.7. The van der Waals surface area contributed by atoms with Gasteiger partial charge in [0.15, 0.2) is 4.34 Å². The molecule has 8 nitrogen and oxygen atoms in total. The fourth-order valence-corrected chi connectivity index (χ4v) is 7.13. The van der Waals surface area contributed by atoms with E-state index >= 15 is 0 Å². The predicted octanol–water partition coefficient (Wildman–Crippen LogP) is 3.19. The molecule has 0 unspecified atom stereocenters. The topological polar surface area (TPSA) is 103 Å². The van der Waals surface area contributed by atoms with Crippen LogP contribution in [0.1, 0.15) is 20.3 Å². The monoisotopic (exact) mass is 486 g/mol. The van der Waals surface area contributed by atoms with Crippen LogP contribution in [0, 0.1) is 23.7 Å². The number of aromatic nitrogens is 1. The number of hydrogen-bond donors (Lipinski definition) is 0. The molecule has 0 N–H and O–H groups in total. The molecule has 2 aromatic rings. The summed E-state index contributed by atoms with van der Waals surface area (Å²) in [6, 6.07) is 5.24. The van der Waals surface area contributed by atoms with Gasteiger partial charge in [-0.15, -0.1) is 11.3 Å². The van der Waals surface area contributed by atoms with Crippen LogP contribution in [-0.2, 0) is 28.7 Å². The lowest BCUT2D eigenvalue weighted by Crippen LogP contribution is -2.32. The Morgan fingerprint density at radius 2 is 1.70 bits per heavy atom. The maximum atomic E-state index is 13.1. The molecule has 10 heteroatoms. The summed E-state index contributed by atoms with van der Waals surface area (Å²) in [5.74, 6) is -1.84. The van der Waals surface area contributed by atoms with Gasteiger partial charge in [-0.05, 0) is 50.3 Å². The molecule has 2 aliphatic carbocycles. The number of thiazole rings is 1. The highest BCUT2D eigenvalue weighted by molar-refractivity contribution is 8.03. The molecule has 1 aromatic heterocycles. The van der Waals surface area contributed by atoms with Crippen molar-refractivity contribution in [2.45, 2.75) is 29.9 Å². The number of fused-ring (bicyclic) bond motifs is 6. The highest BCUT2D eigenvalue weighted by atomic mass is 32.2. The van der Waals surface area contributed by atoms with Crippen molar-refractivity contribution in [2.75, 3.05) is 18.1 Å². The van der Waals surface area contributed by atoms with Crippen molar-refractivity contribution in [3.05, 3.63) is 30.4 Å². The van der Waals surface area contributed by atoms with E-state index in [9.17, 15) is 19.2 Å². The highest BCUT2D eigenvalue weighted by Gasteiger charge is 2.59. The molecule has 0 radical (unpaired) electrons. The molecule has 2 amide bonds. The van der Waals surface area contributed by atoms with Crippen LogP contribution in [0.25, 0.3) is 10.2 Å². The number of allylic oxidation sites excluding steroid dienone is 2. The average molecular weight is 487 g/mol. The SMILES string of the molecule is CCOC(=O)C(Sc1nc2ccc(N3C(=O)[C@@H]4[C@H](C3=O)[C@H]3C=C[C@H]4C3)cc2s1)C(=O)OCC. The quantitative estimate of drug-likeness (QED) is 0.193. The number of carbonyl (C=O) groups is 4. The molecular weight excluding hydrogens is 464 g/mol. The van der Waals surface area contributed by atoms with Crippen LogP contribution in [-0.4, -0.2) is 47.2 Å². The lowest BCUT2D eigenvalue weighted by Gasteiger charge is -2.17. The Morgan fingerprint density at radius 1 is 1.09 bits per heavy atom. The van der Waals surface area contributed by atoms with Gasteiger partial charge in [0.1, 0.15) is 0 Å². The maximum Gasteiger partial charge on any atom is 0.331 e. The molecule has 1 saturated carbocycles. The van der Waals surface area contributed by atoms with Crippen molar-refractivity contribution in [2.24, 2.45) is 23.7 Å². The number of amides is 2. The van der Waals surface area contributed by atoms with E-state index in [1.807, 2.05) is 0 Å². The van der Waals surface area contributed by atoms with Crippen LogP contribution in [0.5, 0.6) is 0 Å². The number of carbonyl (C=O) groups excluding carboxylic acids is 4. The summed E-state index contributed by atoms with van der Waals surface area (Å²) in [4.78, 5) is 56.6. The first-order valence-electron chi connectivity index (χ1n) is 10.9. The van der Waals surface area contributed by atoms with Crippen LogP contribution in [0.2, 0.25) is 0 Å². The fraction of sp³-hybridized carbons (Fsp3) is 0.435. The maximum absolute atomic E-state index is 13.1. The first-order valence-corrected chi connectivity index (χ1v) is 12.6. The Balaban J connectivity index is 1.40. The van der Waals surface area contributed by atoms with Crippen LogP contribution in [0.3, 0.4) is 0 Å². The van der Waals surface area contributed by atoms with Gasteiger partial charge in [-0.1, -0.05) is 23.9 Å². The molecule has 5 rings (SSSR count). The first-order chi connectivity index (χ1) is 15.9. The van der Waals surface area contributed by atoms with Crippen molar-refractivity contribution < 1.29 is 28.7 Å². The molecule has 1 aromatic carbocycles. The van der Waals surface area contributed by atoms with Gasteiger partial charge in [-0.3, -0.25) is 19.2 Å². The normalized spacial score (nSPS) is 25.4. The Bertz CT molecular complexity index is 1140. The first kappa shape index (κ1) is 22.1. The highest BCUT2D eigenvalue weighted by Crippen LogP contribution is 2.53. The van der Waals surface area contributed by atoms with Gasteiger partial charge in [0, 0.05) is 0 Å². The number of hydrogen-bond acceptors (Lipinski definition) is 9. The molecule has 1 aliphatic heterocycles. The van der Waals surface area contributed by atoms with E-state index in [0.29, 0.717) is 15.5 Å². The van der Waals surface area contributed by atoms with Crippen LogP contribution in [0.4, 0.5) is 5.69 Å². The van der Waals surface area contributed by atoms with Gasteiger partial charge < -0.3 is 9.47 Å². The van der Waals surface area contributed by atoms with E-state index in [2.05, 4.69) is 17.1 Å². The summed E-state index contributed by atoms with van der Waals surface area (Å²) in [6.45, 7) is 3.63. The molecule has 2 fully saturated rings. The fourth-order valence-electron chi connectivity index (χ4n) is 4.97. The lowest BCUT2D eigenvalue weighted by molar-refractivity contribution is -0.153. The van der Waals surface area contributed by atoms with E-state index < -0.39 is 17.2 Å². The second-order valence-corrected chi connectivity index (χ2v) is 10.5. The third kappa shape index (κ3) is 3.65. The molecule has 1 saturated heterocycles. The van der Waals surface area contributed by atoms with Gasteiger partial charge in [-0.25, -0.2) is 9.88 Å². The van der Waals surface area contributed by atoms with E-state index in [4.69, 9.17) is 9.47 Å². The van der Waals surface area contributed by atoms with Gasteiger partial charge in [-0.2, -0.15) is 0 Å². The average Bonchev–Trinajstić information content (AvgIpc) is 3.54. The summed E-state index contributed by atoms with van der Waals surface area (Å²) in [6.07, 6.45) is 5.02. The Kier molecular flexibility index (Phi) is 5.74. The largest absolute Gasteiger partial charge is 0.465 e. The van der Waals surface area contributed by atoms with Crippen LogP contribution >= 0.6 is 23.1 Å². The molecule has 2 bridgehead atoms. The van der Waals surface area contributed by atoms with E-state index in [0.717, 1.165) is 22.9 Å². The summed E-state index contributed by atoms with van der Waals surface area (Å²) in [5.41, 5.74) is 1.18. The molecule has 33 heavy (non-hydrogen) atoms. The van der Waals surface area contributed by atoms with Gasteiger partial charge in [0.2, 0.25) is 17.1 Å². The number of thioether (sulfide) groups is 1. The molecule has 3 aliphatic rings. The number of imide groups is 1. The lowest BCUT2D eigenvalue weighted by atomic mass is 9.85. The standard InChI is InChI=1S/C23H22N2O6S2/c1-3-30-21(28)18(22(29)31-4-2)33-23-24-14-8-7-13(10-15(14)32-23)25-19(26)16-11-5-6-12(9-11)17(16)20(25)27/h5-8,10-12,16-18H,3-4,9H2,1-2H3/t11-,12-,16-,17+/m0/s1. The zero-order valence-electron chi connectivity index (χ0n) is 18.1. The van der Waals surface area contributed by atoms with Crippen LogP contribution in [0.15, 0.2) is 34.7 Å². The number of nitrogens with zero attached hydrogens (tertiary/aromatic N) is 2. The third-order valence-corrected chi connectivity index (χ3v) is 8.57. The second kappa shape index (κ2) is 8.57. The van der Waals surface area contributed by atoms with Gasteiger partial charge >= 0.3 is 11.9 Å². The van der Waals surface area contributed by atoms with Crippen molar-refractivity contribution in [1.29, 1.82) is 0 Å². The molecule has 0 spiro atoms. The van der Waals surface area contributed by atoms with Crippen molar-refractivity contribution >= 4 is 62.8 Å².